The summed E-state index contributed by atoms with van der Waals surface area (Å²) in [7, 11) is 0. The lowest BCUT2D eigenvalue weighted by molar-refractivity contribution is -0.131. The normalized spacial score (nSPS) is 11.9. The molecule has 0 fully saturated rings. The maximum atomic E-state index is 12.1. The second kappa shape index (κ2) is 9.45. The molecule has 1 heterocycles. The Hall–Kier alpha value is -3.74. The molecule has 29 heavy (non-hydrogen) atoms. The van der Waals surface area contributed by atoms with Crippen LogP contribution in [-0.2, 0) is 9.59 Å². The number of hydrogen-bond donors (Lipinski definition) is 2. The van der Waals surface area contributed by atoms with Crippen molar-refractivity contribution in [1.82, 2.24) is 10.9 Å². The number of ether oxygens (including phenoxy) is 2. The molecule has 7 heteroatoms. The number of rotatable bonds is 7. The van der Waals surface area contributed by atoms with Gasteiger partial charge >= 0.3 is 0 Å². The van der Waals surface area contributed by atoms with Crippen molar-refractivity contribution in [3.8, 4) is 11.5 Å². The lowest BCUT2D eigenvalue weighted by atomic mass is 10.2. The summed E-state index contributed by atoms with van der Waals surface area (Å²) >= 11 is 0. The van der Waals surface area contributed by atoms with Crippen LogP contribution in [0, 0.1) is 0 Å². The molecule has 0 aliphatic rings. The van der Waals surface area contributed by atoms with Gasteiger partial charge in [-0.15, -0.1) is 0 Å². The Morgan fingerprint density at radius 1 is 1.07 bits per heavy atom. The topological polar surface area (TPSA) is 89.8 Å². The fourth-order valence-corrected chi connectivity index (χ4v) is 2.55. The number of para-hydroxylation sites is 1. The standard InChI is InChI=1S/C22H22N2O5/c1-3-27-17-8-10-18(11-9-17)28-15(2)22(26)24-23-21(25)13-12-19-14-16-6-4-5-7-20(16)29-19/h4-15H,3H2,1-2H3,(H,23,25)(H,24,26)/b13-12+. The molecular formula is C22H22N2O5. The summed E-state index contributed by atoms with van der Waals surface area (Å²) < 4.78 is 16.5. The van der Waals surface area contributed by atoms with E-state index in [1.807, 2.05) is 37.3 Å². The number of hydrazine groups is 1. The van der Waals surface area contributed by atoms with Gasteiger partial charge in [-0.3, -0.25) is 20.4 Å². The summed E-state index contributed by atoms with van der Waals surface area (Å²) in [5.41, 5.74) is 5.38. The molecule has 0 bridgehead atoms. The van der Waals surface area contributed by atoms with Gasteiger partial charge in [0.1, 0.15) is 22.8 Å². The van der Waals surface area contributed by atoms with Gasteiger partial charge < -0.3 is 13.9 Å². The Labute approximate surface area is 168 Å². The molecule has 0 aliphatic heterocycles. The van der Waals surface area contributed by atoms with E-state index >= 15 is 0 Å². The quantitative estimate of drug-likeness (QED) is 0.473. The number of benzene rings is 2. The molecule has 0 saturated carbocycles. The van der Waals surface area contributed by atoms with E-state index in [0.29, 0.717) is 18.1 Å². The van der Waals surface area contributed by atoms with Gasteiger partial charge in [-0.2, -0.15) is 0 Å². The van der Waals surface area contributed by atoms with E-state index in [2.05, 4.69) is 10.9 Å². The van der Waals surface area contributed by atoms with Crippen LogP contribution in [0.4, 0.5) is 0 Å². The number of nitrogens with one attached hydrogen (secondary N) is 2. The van der Waals surface area contributed by atoms with E-state index in [4.69, 9.17) is 13.9 Å². The molecule has 2 aromatic carbocycles. The number of fused-ring (bicyclic) bond motifs is 1. The largest absolute Gasteiger partial charge is 0.494 e. The van der Waals surface area contributed by atoms with Crippen LogP contribution in [0.3, 0.4) is 0 Å². The first kappa shape index (κ1) is 20.0. The molecule has 1 aromatic heterocycles. The van der Waals surface area contributed by atoms with Gasteiger partial charge in [0, 0.05) is 11.5 Å². The highest BCUT2D eigenvalue weighted by molar-refractivity contribution is 5.94. The van der Waals surface area contributed by atoms with Crippen LogP contribution in [0.25, 0.3) is 17.0 Å². The lowest BCUT2D eigenvalue weighted by Gasteiger charge is -2.15. The molecular weight excluding hydrogens is 372 g/mol. The van der Waals surface area contributed by atoms with Crippen LogP contribution in [0.5, 0.6) is 11.5 Å². The molecule has 0 radical (unpaired) electrons. The molecule has 0 spiro atoms. The second-order valence-corrected chi connectivity index (χ2v) is 6.16. The predicted molar refractivity (Wildman–Crippen MR) is 109 cm³/mol. The minimum atomic E-state index is -0.799. The Kier molecular flexibility index (Phi) is 6.52. The third-order valence-corrected chi connectivity index (χ3v) is 3.97. The van der Waals surface area contributed by atoms with Crippen LogP contribution < -0.4 is 20.3 Å². The summed E-state index contributed by atoms with van der Waals surface area (Å²) in [6, 6.07) is 16.3. The highest BCUT2D eigenvalue weighted by Crippen LogP contribution is 2.20. The van der Waals surface area contributed by atoms with Crippen LogP contribution in [-0.4, -0.2) is 24.5 Å². The van der Waals surface area contributed by atoms with Crippen LogP contribution in [0.1, 0.15) is 19.6 Å². The van der Waals surface area contributed by atoms with Crippen molar-refractivity contribution >= 4 is 28.9 Å². The van der Waals surface area contributed by atoms with Gasteiger partial charge in [0.15, 0.2) is 6.10 Å². The maximum absolute atomic E-state index is 12.1. The molecule has 3 rings (SSSR count). The molecule has 0 saturated heterocycles. The van der Waals surface area contributed by atoms with Crippen molar-refractivity contribution in [3.63, 3.8) is 0 Å². The first-order valence-electron chi connectivity index (χ1n) is 9.21. The molecule has 0 aliphatic carbocycles. The highest BCUT2D eigenvalue weighted by atomic mass is 16.5. The van der Waals surface area contributed by atoms with Crippen molar-refractivity contribution in [2.24, 2.45) is 0 Å². The summed E-state index contributed by atoms with van der Waals surface area (Å²) in [6.45, 7) is 4.06. The van der Waals surface area contributed by atoms with E-state index in [9.17, 15) is 9.59 Å². The minimum absolute atomic E-state index is 0.482. The van der Waals surface area contributed by atoms with Crippen LogP contribution >= 0.6 is 0 Å². The van der Waals surface area contributed by atoms with E-state index in [1.54, 1.807) is 31.2 Å². The third-order valence-electron chi connectivity index (χ3n) is 3.97. The monoisotopic (exact) mass is 394 g/mol. The Morgan fingerprint density at radius 2 is 1.79 bits per heavy atom. The third kappa shape index (κ3) is 5.62. The van der Waals surface area contributed by atoms with Crippen molar-refractivity contribution in [3.05, 3.63) is 66.4 Å². The molecule has 2 amide bonds. The average molecular weight is 394 g/mol. The zero-order valence-corrected chi connectivity index (χ0v) is 16.2. The van der Waals surface area contributed by atoms with Gasteiger partial charge in [0.25, 0.3) is 11.8 Å². The van der Waals surface area contributed by atoms with Crippen LogP contribution in [0.2, 0.25) is 0 Å². The van der Waals surface area contributed by atoms with E-state index in [-0.39, 0.29) is 0 Å². The first-order valence-corrected chi connectivity index (χ1v) is 9.21. The van der Waals surface area contributed by atoms with E-state index < -0.39 is 17.9 Å². The number of hydrogen-bond acceptors (Lipinski definition) is 5. The fourth-order valence-electron chi connectivity index (χ4n) is 2.55. The SMILES string of the molecule is CCOc1ccc(OC(C)C(=O)NNC(=O)/C=C/c2cc3ccccc3o2)cc1. The van der Waals surface area contributed by atoms with Crippen molar-refractivity contribution in [2.75, 3.05) is 6.61 Å². The maximum Gasteiger partial charge on any atom is 0.279 e. The molecule has 3 aromatic rings. The highest BCUT2D eigenvalue weighted by Gasteiger charge is 2.15. The Morgan fingerprint density at radius 3 is 2.52 bits per heavy atom. The lowest BCUT2D eigenvalue weighted by Crippen LogP contribution is -2.46. The van der Waals surface area contributed by atoms with Gasteiger partial charge in [-0.05, 0) is 56.3 Å². The summed E-state index contributed by atoms with van der Waals surface area (Å²) in [6.07, 6.45) is 2.00. The Bertz CT molecular complexity index is 974. The van der Waals surface area contributed by atoms with Crippen molar-refractivity contribution < 1.29 is 23.5 Å². The van der Waals surface area contributed by atoms with Gasteiger partial charge in [0.05, 0.1) is 6.61 Å². The molecule has 7 nitrogen and oxygen atoms in total. The van der Waals surface area contributed by atoms with E-state index in [0.717, 1.165) is 16.7 Å². The molecule has 2 N–H and O–H groups in total. The minimum Gasteiger partial charge on any atom is -0.494 e. The van der Waals surface area contributed by atoms with E-state index in [1.165, 1.54) is 12.2 Å². The number of furan rings is 1. The smallest absolute Gasteiger partial charge is 0.279 e. The summed E-state index contributed by atoms with van der Waals surface area (Å²) in [5, 5.41) is 0.945. The molecule has 1 unspecified atom stereocenters. The number of carbonyl (C=O) groups excluding carboxylic acids is 2. The van der Waals surface area contributed by atoms with Gasteiger partial charge in [-0.25, -0.2) is 0 Å². The zero-order chi connectivity index (χ0) is 20.6. The first-order chi connectivity index (χ1) is 14.0. The molecule has 150 valence electrons. The van der Waals surface area contributed by atoms with Crippen LogP contribution in [0.15, 0.2) is 65.1 Å². The average Bonchev–Trinajstić information content (AvgIpc) is 3.15. The van der Waals surface area contributed by atoms with Crippen molar-refractivity contribution in [2.45, 2.75) is 20.0 Å². The zero-order valence-electron chi connectivity index (χ0n) is 16.2. The van der Waals surface area contributed by atoms with Crippen molar-refractivity contribution in [1.29, 1.82) is 0 Å². The van der Waals surface area contributed by atoms with Gasteiger partial charge in [0.2, 0.25) is 0 Å². The number of amides is 2. The fraction of sp³-hybridized carbons (Fsp3) is 0.182. The number of carbonyl (C=O) groups is 2. The predicted octanol–water partition coefficient (Wildman–Crippen LogP) is 3.46. The summed E-state index contributed by atoms with van der Waals surface area (Å²) in [4.78, 5) is 24.0. The second-order valence-electron chi connectivity index (χ2n) is 6.16. The molecule has 1 atom stereocenters. The van der Waals surface area contributed by atoms with Gasteiger partial charge in [-0.1, -0.05) is 18.2 Å². The Balaban J connectivity index is 1.46. The summed E-state index contributed by atoms with van der Waals surface area (Å²) in [5.74, 6) is 0.809.